The lowest BCUT2D eigenvalue weighted by atomic mass is 9.95. The minimum atomic E-state index is -4.61. The maximum atomic E-state index is 13.8. The topological polar surface area (TPSA) is 68.9 Å². The number of pyridine rings is 1. The summed E-state index contributed by atoms with van der Waals surface area (Å²) in [6, 6.07) is 9.70. The zero-order valence-electron chi connectivity index (χ0n) is 14.8. The monoisotopic (exact) mass is 372 g/mol. The van der Waals surface area contributed by atoms with Gasteiger partial charge in [0.1, 0.15) is 5.82 Å². The first kappa shape index (κ1) is 17.3. The molecule has 6 nitrogen and oxygen atoms in total. The van der Waals surface area contributed by atoms with Crippen LogP contribution in [0.25, 0.3) is 27.9 Å². The van der Waals surface area contributed by atoms with Crippen molar-refractivity contribution in [2.75, 3.05) is 0 Å². The van der Waals surface area contributed by atoms with Gasteiger partial charge in [0.25, 0.3) is 0 Å². The highest BCUT2D eigenvalue weighted by Crippen LogP contribution is 2.38. The molecule has 0 radical (unpaired) electrons. The third kappa shape index (κ3) is 2.88. The van der Waals surface area contributed by atoms with E-state index in [4.69, 9.17) is 0 Å². The van der Waals surface area contributed by atoms with Gasteiger partial charge in [-0.3, -0.25) is 0 Å². The van der Waals surface area contributed by atoms with E-state index in [2.05, 4.69) is 25.5 Å². The standard InChI is InChI=1S/C18H15F3N6/c1-17(2,3)16-23-14-13(15-24-25-26-27(15)16)11(18(19,20)21)9-12(22-14)10-7-5-4-6-8-10/h4-9H,1-3H3. The van der Waals surface area contributed by atoms with E-state index >= 15 is 0 Å². The Bertz CT molecular complexity index is 1140. The molecule has 4 aromatic rings. The fourth-order valence-corrected chi connectivity index (χ4v) is 2.93. The van der Waals surface area contributed by atoms with E-state index < -0.39 is 17.2 Å². The minimum absolute atomic E-state index is 0.00985. The Labute approximate surface area is 152 Å². The van der Waals surface area contributed by atoms with Gasteiger partial charge in [-0.05, 0) is 16.5 Å². The summed E-state index contributed by atoms with van der Waals surface area (Å²) in [6.07, 6.45) is -4.61. The summed E-state index contributed by atoms with van der Waals surface area (Å²) in [5.41, 5.74) is -0.632. The third-order valence-corrected chi connectivity index (χ3v) is 4.15. The van der Waals surface area contributed by atoms with Crippen LogP contribution in [-0.2, 0) is 11.6 Å². The second-order valence-electron chi connectivity index (χ2n) is 7.22. The maximum absolute atomic E-state index is 13.8. The molecule has 0 saturated carbocycles. The Morgan fingerprint density at radius 1 is 0.963 bits per heavy atom. The lowest BCUT2D eigenvalue weighted by Gasteiger charge is -2.20. The Balaban J connectivity index is 2.17. The van der Waals surface area contributed by atoms with Crippen LogP contribution in [0.3, 0.4) is 0 Å². The van der Waals surface area contributed by atoms with Crippen LogP contribution in [0.2, 0.25) is 0 Å². The SMILES string of the molecule is CC(C)(C)c1nc2nc(-c3ccccc3)cc(C(F)(F)F)c2c2nnnn12. The largest absolute Gasteiger partial charge is 0.417 e. The first-order valence-corrected chi connectivity index (χ1v) is 8.22. The zero-order valence-corrected chi connectivity index (χ0v) is 14.8. The fraction of sp³-hybridized carbons (Fsp3) is 0.278. The summed E-state index contributed by atoms with van der Waals surface area (Å²) in [5, 5.41) is 11.0. The highest BCUT2D eigenvalue weighted by Gasteiger charge is 2.36. The van der Waals surface area contributed by atoms with E-state index in [1.165, 1.54) is 4.52 Å². The van der Waals surface area contributed by atoms with Gasteiger partial charge in [0.2, 0.25) is 0 Å². The molecule has 138 valence electrons. The molecule has 0 atom stereocenters. The van der Waals surface area contributed by atoms with Crippen LogP contribution < -0.4 is 0 Å². The van der Waals surface area contributed by atoms with E-state index in [0.29, 0.717) is 11.4 Å². The quantitative estimate of drug-likeness (QED) is 0.504. The third-order valence-electron chi connectivity index (χ3n) is 4.15. The summed E-state index contributed by atoms with van der Waals surface area (Å²) >= 11 is 0. The number of benzene rings is 1. The lowest BCUT2D eigenvalue weighted by molar-refractivity contribution is -0.136. The molecular weight excluding hydrogens is 357 g/mol. The molecule has 0 aliphatic rings. The van der Waals surface area contributed by atoms with Crippen molar-refractivity contribution in [1.29, 1.82) is 0 Å². The molecule has 1 aromatic carbocycles. The zero-order chi connectivity index (χ0) is 19.4. The van der Waals surface area contributed by atoms with Crippen molar-refractivity contribution in [2.24, 2.45) is 0 Å². The van der Waals surface area contributed by atoms with Gasteiger partial charge in [-0.2, -0.15) is 17.7 Å². The lowest BCUT2D eigenvalue weighted by Crippen LogP contribution is -2.21. The number of hydrogen-bond acceptors (Lipinski definition) is 5. The van der Waals surface area contributed by atoms with Crippen molar-refractivity contribution in [2.45, 2.75) is 32.4 Å². The molecule has 3 aromatic heterocycles. The summed E-state index contributed by atoms with van der Waals surface area (Å²) in [7, 11) is 0. The normalized spacial score (nSPS) is 12.8. The van der Waals surface area contributed by atoms with Crippen molar-refractivity contribution in [3.05, 3.63) is 47.8 Å². The Morgan fingerprint density at radius 3 is 2.30 bits per heavy atom. The van der Waals surface area contributed by atoms with Gasteiger partial charge in [0, 0.05) is 11.0 Å². The van der Waals surface area contributed by atoms with Crippen molar-refractivity contribution in [3.8, 4) is 11.3 Å². The smallest absolute Gasteiger partial charge is 0.228 e. The molecule has 27 heavy (non-hydrogen) atoms. The van der Waals surface area contributed by atoms with Crippen LogP contribution in [0.1, 0.15) is 32.2 Å². The second-order valence-corrected chi connectivity index (χ2v) is 7.22. The average Bonchev–Trinajstić information content (AvgIpc) is 3.08. The van der Waals surface area contributed by atoms with Gasteiger partial charge >= 0.3 is 6.18 Å². The Kier molecular flexibility index (Phi) is 3.66. The molecule has 3 heterocycles. The molecule has 4 rings (SSSR count). The molecule has 0 bridgehead atoms. The van der Waals surface area contributed by atoms with Gasteiger partial charge in [-0.25, -0.2) is 9.97 Å². The predicted octanol–water partition coefficient (Wildman–Crippen LogP) is 4.05. The van der Waals surface area contributed by atoms with Crippen LogP contribution in [0.5, 0.6) is 0 Å². The van der Waals surface area contributed by atoms with Crippen molar-refractivity contribution >= 4 is 16.7 Å². The molecule has 0 aliphatic carbocycles. The van der Waals surface area contributed by atoms with Crippen LogP contribution in [0, 0.1) is 0 Å². The first-order chi connectivity index (χ1) is 12.7. The highest BCUT2D eigenvalue weighted by molar-refractivity contribution is 5.94. The number of rotatable bonds is 1. The average molecular weight is 372 g/mol. The molecule has 0 unspecified atom stereocenters. The minimum Gasteiger partial charge on any atom is -0.228 e. The predicted molar refractivity (Wildman–Crippen MR) is 93.0 cm³/mol. The van der Waals surface area contributed by atoms with Crippen molar-refractivity contribution in [1.82, 2.24) is 30.0 Å². The Hall–Kier alpha value is -3.10. The molecule has 0 fully saturated rings. The molecule has 0 N–H and O–H groups in total. The van der Waals surface area contributed by atoms with E-state index in [-0.39, 0.29) is 22.4 Å². The number of tetrazole rings is 1. The van der Waals surface area contributed by atoms with Crippen molar-refractivity contribution in [3.63, 3.8) is 0 Å². The van der Waals surface area contributed by atoms with Gasteiger partial charge in [-0.1, -0.05) is 51.1 Å². The van der Waals surface area contributed by atoms with E-state index in [1.54, 1.807) is 30.3 Å². The Morgan fingerprint density at radius 2 is 1.67 bits per heavy atom. The number of alkyl halides is 3. The number of halogens is 3. The van der Waals surface area contributed by atoms with Crippen LogP contribution in [-0.4, -0.2) is 30.0 Å². The number of nitrogens with zero attached hydrogens (tertiary/aromatic N) is 6. The van der Waals surface area contributed by atoms with Gasteiger partial charge in [-0.15, -0.1) is 5.10 Å². The fourth-order valence-electron chi connectivity index (χ4n) is 2.93. The summed E-state index contributed by atoms with van der Waals surface area (Å²) < 4.78 is 42.8. The number of aromatic nitrogens is 6. The van der Waals surface area contributed by atoms with E-state index in [0.717, 1.165) is 6.07 Å². The molecule has 9 heteroatoms. The van der Waals surface area contributed by atoms with Crippen LogP contribution in [0.15, 0.2) is 36.4 Å². The van der Waals surface area contributed by atoms with Crippen LogP contribution >= 0.6 is 0 Å². The first-order valence-electron chi connectivity index (χ1n) is 8.22. The highest BCUT2D eigenvalue weighted by atomic mass is 19.4. The van der Waals surface area contributed by atoms with E-state index in [9.17, 15) is 13.2 Å². The van der Waals surface area contributed by atoms with Crippen LogP contribution in [0.4, 0.5) is 13.2 Å². The molecule has 0 aliphatic heterocycles. The van der Waals surface area contributed by atoms with E-state index in [1.807, 2.05) is 20.8 Å². The molecule has 0 spiro atoms. The summed E-state index contributed by atoms with van der Waals surface area (Å²) in [4.78, 5) is 8.82. The number of hydrogen-bond donors (Lipinski definition) is 0. The summed E-state index contributed by atoms with van der Waals surface area (Å²) in [6.45, 7) is 5.65. The van der Waals surface area contributed by atoms with Gasteiger partial charge < -0.3 is 0 Å². The van der Waals surface area contributed by atoms with Crippen molar-refractivity contribution < 1.29 is 13.2 Å². The van der Waals surface area contributed by atoms with Gasteiger partial charge in [0.05, 0.1) is 16.6 Å². The molecular formula is C18H15F3N6. The number of fused-ring (bicyclic) bond motifs is 3. The maximum Gasteiger partial charge on any atom is 0.417 e. The summed E-state index contributed by atoms with van der Waals surface area (Å²) in [5.74, 6) is 0.431. The van der Waals surface area contributed by atoms with Gasteiger partial charge in [0.15, 0.2) is 11.3 Å². The molecule has 0 amide bonds. The second kappa shape index (κ2) is 5.70. The molecule has 0 saturated heterocycles.